The molecule has 0 bridgehead atoms. The first kappa shape index (κ1) is 18.8. The van der Waals surface area contributed by atoms with Crippen molar-refractivity contribution in [3.8, 4) is 0 Å². The zero-order chi connectivity index (χ0) is 18.9. The minimum absolute atomic E-state index is 0.213. The van der Waals surface area contributed by atoms with E-state index in [1.54, 1.807) is 37.3 Å². The molecule has 0 saturated carbocycles. The summed E-state index contributed by atoms with van der Waals surface area (Å²) in [5.41, 5.74) is 0.681. The van der Waals surface area contributed by atoms with E-state index >= 15 is 0 Å². The normalized spacial score (nSPS) is 18.6. The Kier molecular flexibility index (Phi) is 5.29. The van der Waals surface area contributed by atoms with Crippen molar-refractivity contribution in [3.63, 3.8) is 0 Å². The van der Waals surface area contributed by atoms with E-state index in [1.807, 2.05) is 0 Å². The molecular weight excluding hydrogens is 378 g/mol. The Morgan fingerprint density at radius 2 is 2.00 bits per heavy atom. The van der Waals surface area contributed by atoms with Crippen LogP contribution in [0.4, 0.5) is 5.69 Å². The molecule has 1 aliphatic rings. The number of nitro benzene ring substituents is 1. The maximum absolute atomic E-state index is 13.4. The second kappa shape index (κ2) is 7.32. The fraction of sp³-hybridized carbons (Fsp3) is 0.294. The second-order valence-corrected chi connectivity index (χ2v) is 8.33. The van der Waals surface area contributed by atoms with Crippen molar-refractivity contribution < 1.29 is 13.3 Å². The van der Waals surface area contributed by atoms with Crippen LogP contribution in [-0.2, 0) is 10.0 Å². The third kappa shape index (κ3) is 3.45. The Morgan fingerprint density at radius 1 is 1.27 bits per heavy atom. The number of nitrogens with one attached hydrogen (secondary N) is 1. The summed E-state index contributed by atoms with van der Waals surface area (Å²) < 4.78 is 28.0. The summed E-state index contributed by atoms with van der Waals surface area (Å²) in [4.78, 5) is 10.5. The van der Waals surface area contributed by atoms with Crippen LogP contribution in [0.1, 0.15) is 17.2 Å². The number of nitrogens with zero attached hydrogens (tertiary/aromatic N) is 2. The quantitative estimate of drug-likeness (QED) is 0.634. The van der Waals surface area contributed by atoms with Gasteiger partial charge in [-0.2, -0.15) is 4.31 Å². The number of hydrogen-bond acceptors (Lipinski definition) is 5. The molecule has 9 heteroatoms. The Hall–Kier alpha value is -2.00. The van der Waals surface area contributed by atoms with E-state index < -0.39 is 26.7 Å². The number of hydrogen-bond donors (Lipinski definition) is 1. The third-order valence-electron chi connectivity index (χ3n) is 4.38. The van der Waals surface area contributed by atoms with E-state index in [-0.39, 0.29) is 11.4 Å². The standard InChI is InChI=1S/C17H18ClN3O4S/c1-12-4-2-7-15(21(22)23)17(12)26(24,25)20-9-8-19-11-16(20)13-5-3-6-14(18)10-13/h2-7,10,16,19H,8-9,11H2,1H3. The fourth-order valence-electron chi connectivity index (χ4n) is 3.20. The van der Waals surface area contributed by atoms with Crippen LogP contribution in [0.5, 0.6) is 0 Å². The highest BCUT2D eigenvalue weighted by Gasteiger charge is 2.39. The van der Waals surface area contributed by atoms with Gasteiger partial charge in [0.05, 0.1) is 11.0 Å². The fourth-order valence-corrected chi connectivity index (χ4v) is 5.38. The van der Waals surface area contributed by atoms with Gasteiger partial charge in [0.15, 0.2) is 4.90 Å². The molecule has 1 heterocycles. The number of sulfonamides is 1. The average molecular weight is 396 g/mol. The highest BCUT2D eigenvalue weighted by Crippen LogP contribution is 2.35. The first-order chi connectivity index (χ1) is 12.3. The Bertz CT molecular complexity index is 949. The summed E-state index contributed by atoms with van der Waals surface area (Å²) in [5.74, 6) is 0. The number of piperazine rings is 1. The highest BCUT2D eigenvalue weighted by molar-refractivity contribution is 7.89. The molecule has 7 nitrogen and oxygen atoms in total. The topological polar surface area (TPSA) is 92.5 Å². The van der Waals surface area contributed by atoms with Gasteiger partial charge >= 0.3 is 0 Å². The summed E-state index contributed by atoms with van der Waals surface area (Å²) in [6.07, 6.45) is 0. The number of nitro groups is 1. The predicted molar refractivity (Wildman–Crippen MR) is 98.8 cm³/mol. The van der Waals surface area contributed by atoms with Crippen LogP contribution >= 0.6 is 11.6 Å². The van der Waals surface area contributed by atoms with Crippen molar-refractivity contribution in [3.05, 3.63) is 68.7 Å². The van der Waals surface area contributed by atoms with E-state index in [2.05, 4.69) is 5.32 Å². The molecule has 0 radical (unpaired) electrons. The van der Waals surface area contributed by atoms with E-state index in [1.165, 1.54) is 16.4 Å². The van der Waals surface area contributed by atoms with Gasteiger partial charge in [-0.15, -0.1) is 0 Å². The zero-order valence-electron chi connectivity index (χ0n) is 14.1. The molecule has 0 amide bonds. The van der Waals surface area contributed by atoms with Gasteiger partial charge in [0.1, 0.15) is 0 Å². The third-order valence-corrected chi connectivity index (χ3v) is 6.72. The lowest BCUT2D eigenvalue weighted by Crippen LogP contribution is -2.48. The summed E-state index contributed by atoms with van der Waals surface area (Å²) >= 11 is 6.06. The van der Waals surface area contributed by atoms with Crippen molar-refractivity contribution in [1.29, 1.82) is 0 Å². The van der Waals surface area contributed by atoms with Crippen molar-refractivity contribution in [2.24, 2.45) is 0 Å². The zero-order valence-corrected chi connectivity index (χ0v) is 15.6. The molecule has 0 aliphatic carbocycles. The van der Waals surface area contributed by atoms with E-state index in [9.17, 15) is 18.5 Å². The molecule has 1 N–H and O–H groups in total. The van der Waals surface area contributed by atoms with Gasteiger partial charge in [0.2, 0.25) is 0 Å². The van der Waals surface area contributed by atoms with Gasteiger partial charge in [-0.1, -0.05) is 35.9 Å². The Morgan fingerprint density at radius 3 is 2.69 bits per heavy atom. The summed E-state index contributed by atoms with van der Waals surface area (Å²) in [6, 6.07) is 10.8. The molecule has 0 spiro atoms. The molecule has 0 aromatic heterocycles. The van der Waals surface area contributed by atoms with Crippen molar-refractivity contribution in [2.45, 2.75) is 17.9 Å². The molecule has 1 unspecified atom stereocenters. The molecule has 138 valence electrons. The molecule has 2 aromatic rings. The van der Waals surface area contributed by atoms with Gasteiger partial charge < -0.3 is 5.32 Å². The van der Waals surface area contributed by atoms with E-state index in [0.717, 1.165) is 5.56 Å². The molecule has 1 atom stereocenters. The minimum Gasteiger partial charge on any atom is -0.313 e. The second-order valence-electron chi connectivity index (χ2n) is 6.07. The van der Waals surface area contributed by atoms with Crippen LogP contribution in [0.15, 0.2) is 47.4 Å². The molecule has 2 aromatic carbocycles. The molecular formula is C17H18ClN3O4S. The van der Waals surface area contributed by atoms with Gasteiger partial charge in [-0.3, -0.25) is 10.1 Å². The number of rotatable bonds is 4. The smallest absolute Gasteiger partial charge is 0.289 e. The SMILES string of the molecule is Cc1cccc([N+](=O)[O-])c1S(=O)(=O)N1CCNCC1c1cccc(Cl)c1. The summed E-state index contributed by atoms with van der Waals surface area (Å²) in [7, 11) is -4.07. The van der Waals surface area contributed by atoms with E-state index in [0.29, 0.717) is 23.7 Å². The van der Waals surface area contributed by atoms with E-state index in [4.69, 9.17) is 11.6 Å². The van der Waals surface area contributed by atoms with Gasteiger partial charge in [0, 0.05) is 30.7 Å². The van der Waals surface area contributed by atoms with Crippen molar-refractivity contribution >= 4 is 27.3 Å². The van der Waals surface area contributed by atoms with Gasteiger partial charge in [-0.25, -0.2) is 8.42 Å². The lowest BCUT2D eigenvalue weighted by atomic mass is 10.1. The largest absolute Gasteiger partial charge is 0.313 e. The van der Waals surface area contributed by atoms with Gasteiger partial charge in [-0.05, 0) is 30.2 Å². The minimum atomic E-state index is -4.07. The molecule has 1 saturated heterocycles. The highest BCUT2D eigenvalue weighted by atomic mass is 35.5. The van der Waals surface area contributed by atoms with Crippen LogP contribution < -0.4 is 5.32 Å². The number of benzene rings is 2. The maximum atomic E-state index is 13.4. The summed E-state index contributed by atoms with van der Waals surface area (Å²) in [6.45, 7) is 2.65. The predicted octanol–water partition coefficient (Wildman–Crippen LogP) is 2.89. The van der Waals surface area contributed by atoms with Crippen LogP contribution in [0.3, 0.4) is 0 Å². The molecule has 1 aliphatic heterocycles. The first-order valence-electron chi connectivity index (χ1n) is 8.04. The summed E-state index contributed by atoms with van der Waals surface area (Å²) in [5, 5.41) is 15.1. The number of halogens is 1. The van der Waals surface area contributed by atoms with Crippen molar-refractivity contribution in [2.75, 3.05) is 19.6 Å². The molecule has 3 rings (SSSR count). The first-order valence-corrected chi connectivity index (χ1v) is 9.86. The maximum Gasteiger partial charge on any atom is 0.289 e. The van der Waals surface area contributed by atoms with Crippen LogP contribution in [-0.4, -0.2) is 37.3 Å². The lowest BCUT2D eigenvalue weighted by Gasteiger charge is -2.35. The monoisotopic (exact) mass is 395 g/mol. The number of aryl methyl sites for hydroxylation is 1. The van der Waals surface area contributed by atoms with Crippen LogP contribution in [0.2, 0.25) is 5.02 Å². The van der Waals surface area contributed by atoms with Crippen LogP contribution in [0, 0.1) is 17.0 Å². The molecule has 26 heavy (non-hydrogen) atoms. The van der Waals surface area contributed by atoms with Gasteiger partial charge in [0.25, 0.3) is 15.7 Å². The molecule has 1 fully saturated rings. The Labute approximate surface area is 156 Å². The lowest BCUT2D eigenvalue weighted by molar-refractivity contribution is -0.387. The van der Waals surface area contributed by atoms with Crippen molar-refractivity contribution in [1.82, 2.24) is 9.62 Å². The van der Waals surface area contributed by atoms with Crippen LogP contribution in [0.25, 0.3) is 0 Å². The average Bonchev–Trinajstić information content (AvgIpc) is 2.61. The Balaban J connectivity index is 2.12.